The van der Waals surface area contributed by atoms with Crippen LogP contribution in [0.1, 0.15) is 0 Å². The van der Waals surface area contributed by atoms with Crippen LogP contribution in [0.5, 0.6) is 0 Å². The summed E-state index contributed by atoms with van der Waals surface area (Å²) in [6.07, 6.45) is 1.15. The van der Waals surface area contributed by atoms with E-state index in [9.17, 15) is 13.2 Å². The zero-order valence-corrected chi connectivity index (χ0v) is 12.4. The quantitative estimate of drug-likeness (QED) is 0.651. The average Bonchev–Trinajstić information content (AvgIpc) is 2.34. The van der Waals surface area contributed by atoms with Crippen molar-refractivity contribution in [1.82, 2.24) is 0 Å². The first-order chi connectivity index (χ1) is 8.34. The van der Waals surface area contributed by atoms with E-state index in [1.54, 1.807) is 12.1 Å². The van der Waals surface area contributed by atoms with Gasteiger partial charge in [-0.2, -0.15) is 0 Å². The lowest BCUT2D eigenvalue weighted by Gasteiger charge is -2.10. The Kier molecular flexibility index (Phi) is 5.15. The summed E-state index contributed by atoms with van der Waals surface area (Å²) in [5.74, 6) is -0.366. The van der Waals surface area contributed by atoms with E-state index >= 15 is 0 Å². The number of nitrogens with one attached hydrogen (secondary N) is 1. The molecule has 0 saturated carbocycles. The van der Waals surface area contributed by atoms with Crippen molar-refractivity contribution in [2.45, 2.75) is 9.72 Å². The van der Waals surface area contributed by atoms with Gasteiger partial charge >= 0.3 is 5.97 Å². The van der Waals surface area contributed by atoms with Crippen molar-refractivity contribution >= 4 is 37.4 Å². The van der Waals surface area contributed by atoms with E-state index in [-0.39, 0.29) is 10.9 Å². The fraction of sp³-hybridized carbons (Fsp3) is 0.364. The highest BCUT2D eigenvalue weighted by atomic mass is 79.9. The molecule has 0 radical (unpaired) electrons. The minimum Gasteiger partial charge on any atom is -0.468 e. The second kappa shape index (κ2) is 6.19. The van der Waals surface area contributed by atoms with Crippen LogP contribution in [0.2, 0.25) is 0 Å². The monoisotopic (exact) mass is 335 g/mol. The number of hydrogen-bond acceptors (Lipinski definition) is 5. The number of methoxy groups -OCH3 is 1. The molecule has 1 aromatic carbocycles. The number of carbonyl (C=O) groups is 1. The maximum absolute atomic E-state index is 11.2. The summed E-state index contributed by atoms with van der Waals surface area (Å²) in [5.41, 5.74) is 0.732. The lowest BCUT2D eigenvalue weighted by Crippen LogP contribution is -2.24. The highest BCUT2D eigenvalue weighted by Gasteiger charge is 2.14. The number of halogens is 1. The maximum atomic E-state index is 11.2. The fourth-order valence-corrected chi connectivity index (χ4v) is 2.22. The lowest BCUT2D eigenvalue weighted by atomic mass is 10.3. The highest BCUT2D eigenvalue weighted by Crippen LogP contribution is 2.14. The molecule has 1 rings (SSSR count). The van der Waals surface area contributed by atoms with Gasteiger partial charge in [-0.05, 0) is 24.3 Å². The Morgan fingerprint density at radius 3 is 2.39 bits per heavy atom. The molecule has 5 nitrogen and oxygen atoms in total. The number of benzene rings is 1. The predicted molar refractivity (Wildman–Crippen MR) is 72.8 cm³/mol. The van der Waals surface area contributed by atoms with Gasteiger partial charge in [0.05, 0.1) is 12.0 Å². The van der Waals surface area contributed by atoms with Crippen LogP contribution in [0.4, 0.5) is 5.69 Å². The zero-order chi connectivity index (χ0) is 13.8. The van der Waals surface area contributed by atoms with Gasteiger partial charge in [-0.25, -0.2) is 8.42 Å². The third kappa shape index (κ3) is 4.30. The van der Waals surface area contributed by atoms with Crippen LogP contribution < -0.4 is 5.32 Å². The van der Waals surface area contributed by atoms with Crippen LogP contribution in [0.15, 0.2) is 29.2 Å². The predicted octanol–water partition coefficient (Wildman–Crippen LogP) is 1.44. The fourth-order valence-electron chi connectivity index (χ4n) is 1.24. The number of anilines is 1. The molecule has 0 aliphatic carbocycles. The molecule has 1 N–H and O–H groups in total. The van der Waals surface area contributed by atoms with Crippen LogP contribution in [0.3, 0.4) is 0 Å². The minimum atomic E-state index is -3.18. The Bertz CT molecular complexity index is 512. The number of ether oxygens (including phenoxy) is 1. The van der Waals surface area contributed by atoms with Gasteiger partial charge in [-0.1, -0.05) is 15.9 Å². The Balaban J connectivity index is 2.63. The number of carbonyl (C=O) groups excluding carboxylic acids is 1. The molecule has 0 amide bonds. The molecule has 18 heavy (non-hydrogen) atoms. The van der Waals surface area contributed by atoms with Crippen molar-refractivity contribution in [3.63, 3.8) is 0 Å². The molecule has 0 fully saturated rings. The van der Waals surface area contributed by atoms with Crippen LogP contribution in [0, 0.1) is 0 Å². The number of esters is 1. The van der Waals surface area contributed by atoms with Gasteiger partial charge in [0, 0.05) is 18.5 Å². The van der Waals surface area contributed by atoms with Crippen molar-refractivity contribution in [2.24, 2.45) is 0 Å². The molecule has 0 aliphatic heterocycles. The van der Waals surface area contributed by atoms with E-state index in [0.29, 0.717) is 6.54 Å². The molecule has 0 bridgehead atoms. The summed E-state index contributed by atoms with van der Waals surface area (Å²) in [6, 6.07) is 6.32. The van der Waals surface area contributed by atoms with E-state index in [1.165, 1.54) is 19.2 Å². The van der Waals surface area contributed by atoms with Gasteiger partial charge < -0.3 is 10.1 Å². The molecular formula is C11H14BrNO4S. The molecular weight excluding hydrogens is 322 g/mol. The summed E-state index contributed by atoms with van der Waals surface area (Å²) in [7, 11) is -1.86. The summed E-state index contributed by atoms with van der Waals surface area (Å²) in [6.45, 7) is 0.352. The highest BCUT2D eigenvalue weighted by molar-refractivity contribution is 9.10. The Morgan fingerprint density at radius 1 is 1.39 bits per heavy atom. The second-order valence-electron chi connectivity index (χ2n) is 3.67. The molecule has 1 unspecified atom stereocenters. The average molecular weight is 336 g/mol. The summed E-state index contributed by atoms with van der Waals surface area (Å²) in [5, 5.41) is 3.00. The number of sulfone groups is 1. The van der Waals surface area contributed by atoms with Crippen molar-refractivity contribution in [3.05, 3.63) is 24.3 Å². The largest absolute Gasteiger partial charge is 0.468 e. The molecule has 1 atom stereocenters. The van der Waals surface area contributed by atoms with Crippen LogP contribution in [-0.2, 0) is 19.4 Å². The molecule has 7 heteroatoms. The lowest BCUT2D eigenvalue weighted by molar-refractivity contribution is -0.139. The molecule has 0 aromatic heterocycles. The maximum Gasteiger partial charge on any atom is 0.321 e. The molecule has 0 saturated heterocycles. The van der Waals surface area contributed by atoms with E-state index < -0.39 is 14.7 Å². The van der Waals surface area contributed by atoms with Gasteiger partial charge in [-0.3, -0.25) is 4.79 Å². The van der Waals surface area contributed by atoms with Gasteiger partial charge in [0.15, 0.2) is 9.84 Å². The zero-order valence-electron chi connectivity index (χ0n) is 10.0. The van der Waals surface area contributed by atoms with Gasteiger partial charge in [0.2, 0.25) is 0 Å². The summed E-state index contributed by atoms with van der Waals surface area (Å²) < 4.78 is 27.1. The van der Waals surface area contributed by atoms with Gasteiger partial charge in [0.25, 0.3) is 0 Å². The first-order valence-electron chi connectivity index (χ1n) is 5.10. The Morgan fingerprint density at radius 2 is 1.94 bits per heavy atom. The van der Waals surface area contributed by atoms with E-state index in [0.717, 1.165) is 11.9 Å². The Labute approximate surface area is 115 Å². The number of hydrogen-bond donors (Lipinski definition) is 1. The number of alkyl halides is 1. The van der Waals surface area contributed by atoms with Crippen LogP contribution in [0.25, 0.3) is 0 Å². The summed E-state index contributed by atoms with van der Waals surface area (Å²) in [4.78, 5) is 10.9. The van der Waals surface area contributed by atoms with Gasteiger partial charge in [-0.15, -0.1) is 0 Å². The standard InChI is InChI=1S/C11H14BrNO4S/c1-17-11(14)10(12)7-13-8-3-5-9(6-4-8)18(2,15)16/h3-6,10,13H,7H2,1-2H3. The van der Waals surface area contributed by atoms with Crippen LogP contribution in [-0.4, -0.2) is 39.1 Å². The third-order valence-corrected chi connectivity index (χ3v) is 4.05. The van der Waals surface area contributed by atoms with Crippen molar-refractivity contribution in [3.8, 4) is 0 Å². The summed E-state index contributed by atoms with van der Waals surface area (Å²) >= 11 is 3.17. The smallest absolute Gasteiger partial charge is 0.321 e. The van der Waals surface area contributed by atoms with Crippen molar-refractivity contribution in [2.75, 3.05) is 25.2 Å². The molecule has 1 aromatic rings. The van der Waals surface area contributed by atoms with E-state index in [4.69, 9.17) is 0 Å². The van der Waals surface area contributed by atoms with E-state index in [2.05, 4.69) is 26.0 Å². The van der Waals surface area contributed by atoms with Crippen LogP contribution >= 0.6 is 15.9 Å². The second-order valence-corrected chi connectivity index (χ2v) is 6.79. The topological polar surface area (TPSA) is 72.5 Å². The number of rotatable bonds is 5. The van der Waals surface area contributed by atoms with E-state index in [1.807, 2.05) is 0 Å². The molecule has 0 aliphatic rings. The minimum absolute atomic E-state index is 0.261. The van der Waals surface area contributed by atoms with Crippen molar-refractivity contribution < 1.29 is 17.9 Å². The Hall–Kier alpha value is -1.08. The normalized spacial score (nSPS) is 12.8. The SMILES string of the molecule is COC(=O)C(Br)CNc1ccc(S(C)(=O)=O)cc1. The first-order valence-corrected chi connectivity index (χ1v) is 7.91. The van der Waals surface area contributed by atoms with Crippen molar-refractivity contribution in [1.29, 1.82) is 0 Å². The molecule has 0 spiro atoms. The molecule has 0 heterocycles. The molecule has 100 valence electrons. The van der Waals surface area contributed by atoms with Gasteiger partial charge in [0.1, 0.15) is 4.83 Å². The third-order valence-electron chi connectivity index (χ3n) is 2.22. The first kappa shape index (κ1) is 15.0.